The van der Waals surface area contributed by atoms with Crippen molar-refractivity contribution in [3.8, 4) is 0 Å². The number of hydrogen-bond acceptors (Lipinski definition) is 2. The van der Waals surface area contributed by atoms with Crippen LogP contribution in [0.1, 0.15) is 44.3 Å². The van der Waals surface area contributed by atoms with Gasteiger partial charge in [0.05, 0.1) is 11.7 Å². The Morgan fingerprint density at radius 3 is 3.00 bits per heavy atom. The van der Waals surface area contributed by atoms with E-state index in [1.807, 2.05) is 0 Å². The summed E-state index contributed by atoms with van der Waals surface area (Å²) < 4.78 is 33.5. The summed E-state index contributed by atoms with van der Waals surface area (Å²) in [6, 6.07) is 3.58. The number of morpholine rings is 1. The summed E-state index contributed by atoms with van der Waals surface area (Å²) in [5.74, 6) is -0.178. The van der Waals surface area contributed by atoms with E-state index in [4.69, 9.17) is 4.74 Å². The summed E-state index contributed by atoms with van der Waals surface area (Å²) in [5, 5.41) is 3.35. The Labute approximate surface area is 118 Å². The average molecular weight is 281 g/mol. The highest BCUT2D eigenvalue weighted by Gasteiger charge is 2.41. The van der Waals surface area contributed by atoms with Crippen molar-refractivity contribution in [3.63, 3.8) is 0 Å². The molecule has 0 amide bonds. The molecule has 1 aromatic carbocycles. The minimum atomic E-state index is -0.415. The lowest BCUT2D eigenvalue weighted by Gasteiger charge is -2.46. The van der Waals surface area contributed by atoms with Gasteiger partial charge in [-0.3, -0.25) is 0 Å². The van der Waals surface area contributed by atoms with Crippen molar-refractivity contribution in [1.29, 1.82) is 0 Å². The first-order chi connectivity index (χ1) is 9.58. The van der Waals surface area contributed by atoms with Crippen molar-refractivity contribution in [3.05, 3.63) is 35.4 Å². The second-order valence-electron chi connectivity index (χ2n) is 6.29. The molecule has 3 unspecified atom stereocenters. The zero-order valence-corrected chi connectivity index (χ0v) is 11.8. The number of rotatable bonds is 1. The van der Waals surface area contributed by atoms with E-state index in [2.05, 4.69) is 12.2 Å². The maximum Gasteiger partial charge on any atom is 0.129 e. The first-order valence-corrected chi connectivity index (χ1v) is 7.41. The Morgan fingerprint density at radius 1 is 1.35 bits per heavy atom. The summed E-state index contributed by atoms with van der Waals surface area (Å²) in [4.78, 5) is 0. The zero-order valence-electron chi connectivity index (χ0n) is 11.8. The van der Waals surface area contributed by atoms with Crippen LogP contribution in [0.4, 0.5) is 8.78 Å². The van der Waals surface area contributed by atoms with E-state index in [9.17, 15) is 8.78 Å². The minimum absolute atomic E-state index is 0.209. The fraction of sp³-hybridized carbons (Fsp3) is 0.625. The monoisotopic (exact) mass is 281 g/mol. The molecule has 3 rings (SSSR count). The molecule has 1 aromatic rings. The van der Waals surface area contributed by atoms with Crippen LogP contribution in [-0.4, -0.2) is 18.7 Å². The van der Waals surface area contributed by atoms with Gasteiger partial charge in [0.1, 0.15) is 11.6 Å². The third-order valence-electron chi connectivity index (χ3n) is 4.52. The molecule has 2 fully saturated rings. The van der Waals surface area contributed by atoms with Crippen LogP contribution >= 0.6 is 0 Å². The molecule has 20 heavy (non-hydrogen) atoms. The summed E-state index contributed by atoms with van der Waals surface area (Å²) in [5.41, 5.74) is 0.120. The second-order valence-corrected chi connectivity index (χ2v) is 6.29. The Bertz CT molecular complexity index is 489. The van der Waals surface area contributed by atoms with Crippen molar-refractivity contribution in [2.24, 2.45) is 5.92 Å². The summed E-state index contributed by atoms with van der Waals surface area (Å²) in [6.07, 6.45) is 3.96. The maximum atomic E-state index is 13.9. The Morgan fingerprint density at radius 2 is 2.20 bits per heavy atom. The van der Waals surface area contributed by atoms with Gasteiger partial charge in [-0.25, -0.2) is 8.78 Å². The van der Waals surface area contributed by atoms with Gasteiger partial charge in [-0.2, -0.15) is 0 Å². The van der Waals surface area contributed by atoms with Gasteiger partial charge in [0.2, 0.25) is 0 Å². The molecule has 1 heterocycles. The van der Waals surface area contributed by atoms with Crippen LogP contribution < -0.4 is 5.32 Å². The van der Waals surface area contributed by atoms with Crippen LogP contribution in [0.25, 0.3) is 0 Å². The average Bonchev–Trinajstić information content (AvgIpc) is 2.41. The lowest BCUT2D eigenvalue weighted by molar-refractivity contribution is -0.144. The largest absolute Gasteiger partial charge is 0.364 e. The van der Waals surface area contributed by atoms with Crippen molar-refractivity contribution < 1.29 is 13.5 Å². The van der Waals surface area contributed by atoms with E-state index in [0.29, 0.717) is 18.0 Å². The van der Waals surface area contributed by atoms with E-state index in [1.165, 1.54) is 18.6 Å². The number of benzene rings is 1. The SMILES string of the molecule is CC1CCCC2(CNCC(c3cc(F)ccc3F)O2)C1. The molecule has 1 saturated heterocycles. The zero-order chi connectivity index (χ0) is 14.2. The molecule has 3 atom stereocenters. The van der Waals surface area contributed by atoms with Crippen molar-refractivity contribution in [1.82, 2.24) is 5.32 Å². The van der Waals surface area contributed by atoms with Gasteiger partial charge in [0, 0.05) is 18.7 Å². The molecule has 1 aliphatic heterocycles. The normalized spacial score (nSPS) is 34.4. The smallest absolute Gasteiger partial charge is 0.129 e. The number of hydrogen-bond donors (Lipinski definition) is 1. The van der Waals surface area contributed by atoms with Crippen LogP contribution in [0.2, 0.25) is 0 Å². The number of nitrogens with one attached hydrogen (secondary N) is 1. The lowest BCUT2D eigenvalue weighted by atomic mass is 9.77. The van der Waals surface area contributed by atoms with E-state index in [1.54, 1.807) is 0 Å². The highest BCUT2D eigenvalue weighted by Crippen LogP contribution is 2.40. The molecule has 1 spiro atoms. The van der Waals surface area contributed by atoms with Crippen molar-refractivity contribution >= 4 is 0 Å². The van der Waals surface area contributed by atoms with Gasteiger partial charge in [-0.1, -0.05) is 19.8 Å². The molecule has 0 bridgehead atoms. The molecular weight excluding hydrogens is 260 g/mol. The topological polar surface area (TPSA) is 21.3 Å². The molecule has 1 aliphatic carbocycles. The van der Waals surface area contributed by atoms with E-state index in [0.717, 1.165) is 31.9 Å². The summed E-state index contributed by atoms with van der Waals surface area (Å²) in [7, 11) is 0. The molecule has 4 heteroatoms. The molecule has 0 aromatic heterocycles. The second kappa shape index (κ2) is 5.41. The van der Waals surface area contributed by atoms with Crippen LogP contribution in [-0.2, 0) is 4.74 Å². The maximum absolute atomic E-state index is 13.9. The number of halogens is 2. The van der Waals surface area contributed by atoms with Gasteiger partial charge in [-0.05, 0) is 37.0 Å². The minimum Gasteiger partial charge on any atom is -0.364 e. The Hall–Kier alpha value is -1.00. The van der Waals surface area contributed by atoms with E-state index < -0.39 is 11.9 Å². The predicted molar refractivity (Wildman–Crippen MR) is 73.4 cm³/mol. The Balaban J connectivity index is 1.82. The van der Waals surface area contributed by atoms with Crippen LogP contribution in [0.5, 0.6) is 0 Å². The van der Waals surface area contributed by atoms with Crippen LogP contribution in [0.15, 0.2) is 18.2 Å². The van der Waals surface area contributed by atoms with Gasteiger partial charge in [0.15, 0.2) is 0 Å². The molecule has 0 radical (unpaired) electrons. The first kappa shape index (κ1) is 14.0. The lowest BCUT2D eigenvalue weighted by Crippen LogP contribution is -2.53. The van der Waals surface area contributed by atoms with Crippen molar-refractivity contribution in [2.45, 2.75) is 44.3 Å². The number of ether oxygens (including phenoxy) is 1. The molecule has 1 N–H and O–H groups in total. The first-order valence-electron chi connectivity index (χ1n) is 7.41. The third-order valence-corrected chi connectivity index (χ3v) is 4.52. The summed E-state index contributed by atoms with van der Waals surface area (Å²) >= 11 is 0. The van der Waals surface area contributed by atoms with Gasteiger partial charge in [-0.15, -0.1) is 0 Å². The van der Waals surface area contributed by atoms with Crippen LogP contribution in [0.3, 0.4) is 0 Å². The fourth-order valence-electron chi connectivity index (χ4n) is 3.63. The van der Waals surface area contributed by atoms with E-state index >= 15 is 0 Å². The van der Waals surface area contributed by atoms with Crippen LogP contribution in [0, 0.1) is 17.6 Å². The quantitative estimate of drug-likeness (QED) is 0.849. The highest BCUT2D eigenvalue weighted by atomic mass is 19.1. The molecule has 1 saturated carbocycles. The van der Waals surface area contributed by atoms with E-state index in [-0.39, 0.29) is 11.4 Å². The summed E-state index contributed by atoms with van der Waals surface area (Å²) in [6.45, 7) is 3.58. The molecule has 2 aliphatic rings. The predicted octanol–water partition coefficient (Wildman–Crippen LogP) is 3.57. The fourth-order valence-corrected chi connectivity index (χ4v) is 3.63. The molecule has 110 valence electrons. The highest BCUT2D eigenvalue weighted by molar-refractivity contribution is 5.22. The molecule has 2 nitrogen and oxygen atoms in total. The van der Waals surface area contributed by atoms with Gasteiger partial charge >= 0.3 is 0 Å². The third kappa shape index (κ3) is 2.72. The standard InChI is InChI=1S/C16H21F2NO/c1-11-3-2-6-16(8-11)10-19-9-15(20-16)13-7-12(17)4-5-14(13)18/h4-5,7,11,15,19H,2-3,6,8-10H2,1H3. The van der Waals surface area contributed by atoms with Gasteiger partial charge < -0.3 is 10.1 Å². The van der Waals surface area contributed by atoms with Crippen molar-refractivity contribution in [2.75, 3.05) is 13.1 Å². The molecular formula is C16H21F2NO. The Kier molecular flexibility index (Phi) is 3.78. The van der Waals surface area contributed by atoms with Gasteiger partial charge in [0.25, 0.3) is 0 Å².